The molecule has 0 aromatic heterocycles. The Balaban J connectivity index is 1.65. The van der Waals surface area contributed by atoms with Crippen molar-refractivity contribution in [2.45, 2.75) is 25.2 Å². The fourth-order valence-corrected chi connectivity index (χ4v) is 1.84. The quantitative estimate of drug-likeness (QED) is 0.762. The number of rotatable bonds is 5. The minimum atomic E-state index is 0.189. The molecule has 1 aliphatic rings. The topological polar surface area (TPSA) is 27.7 Å². The minimum Gasteiger partial charge on any atom is -0.379 e. The first-order valence-corrected chi connectivity index (χ1v) is 5.64. The van der Waals surface area contributed by atoms with E-state index in [0.29, 0.717) is 19.8 Å². The van der Waals surface area contributed by atoms with Gasteiger partial charge in [0.25, 0.3) is 0 Å². The predicted octanol–water partition coefficient (Wildman–Crippen LogP) is 2.01. The standard InChI is InChI=1S/C13H18O3/c1-14-12-7-13(16-10-12)9-15-8-11-5-3-2-4-6-11/h2-6,12-13H,7-10H2,1H3/t12?,13-/m0/s1. The SMILES string of the molecule is COC1CO[C@H](COCc2ccccc2)C1. The Morgan fingerprint density at radius 2 is 2.12 bits per heavy atom. The lowest BCUT2D eigenvalue weighted by molar-refractivity contribution is 0.00713. The second-order valence-corrected chi connectivity index (χ2v) is 4.05. The summed E-state index contributed by atoms with van der Waals surface area (Å²) in [5, 5.41) is 0. The van der Waals surface area contributed by atoms with E-state index >= 15 is 0 Å². The molecule has 1 saturated heterocycles. The van der Waals surface area contributed by atoms with Crippen LogP contribution in [0.2, 0.25) is 0 Å². The highest BCUT2D eigenvalue weighted by molar-refractivity contribution is 5.13. The maximum atomic E-state index is 5.62. The molecule has 1 fully saturated rings. The Bertz CT molecular complexity index is 299. The van der Waals surface area contributed by atoms with Gasteiger partial charge in [0.1, 0.15) is 0 Å². The fraction of sp³-hybridized carbons (Fsp3) is 0.538. The summed E-state index contributed by atoms with van der Waals surface area (Å²) in [6.45, 7) is 1.99. The highest BCUT2D eigenvalue weighted by Gasteiger charge is 2.25. The molecule has 0 radical (unpaired) electrons. The number of hydrogen-bond acceptors (Lipinski definition) is 3. The van der Waals surface area contributed by atoms with Crippen molar-refractivity contribution in [3.8, 4) is 0 Å². The van der Waals surface area contributed by atoms with Gasteiger partial charge in [-0.3, -0.25) is 0 Å². The van der Waals surface area contributed by atoms with Gasteiger partial charge in [0.15, 0.2) is 0 Å². The van der Waals surface area contributed by atoms with Crippen molar-refractivity contribution >= 4 is 0 Å². The summed E-state index contributed by atoms with van der Waals surface area (Å²) in [5.74, 6) is 0. The Kier molecular flexibility index (Phi) is 4.34. The first kappa shape index (κ1) is 11.6. The second-order valence-electron chi connectivity index (χ2n) is 4.05. The van der Waals surface area contributed by atoms with Crippen molar-refractivity contribution in [2.75, 3.05) is 20.3 Å². The van der Waals surface area contributed by atoms with E-state index in [1.54, 1.807) is 7.11 Å². The smallest absolute Gasteiger partial charge is 0.0835 e. The number of methoxy groups -OCH3 is 1. The lowest BCUT2D eigenvalue weighted by Crippen LogP contribution is -2.15. The van der Waals surface area contributed by atoms with Crippen LogP contribution in [-0.2, 0) is 20.8 Å². The molecule has 0 spiro atoms. The van der Waals surface area contributed by atoms with Crippen molar-refractivity contribution in [2.24, 2.45) is 0 Å². The van der Waals surface area contributed by atoms with E-state index in [-0.39, 0.29) is 12.2 Å². The number of hydrogen-bond donors (Lipinski definition) is 0. The zero-order valence-electron chi connectivity index (χ0n) is 9.59. The normalized spacial score (nSPS) is 24.8. The second kappa shape index (κ2) is 5.99. The minimum absolute atomic E-state index is 0.189. The average molecular weight is 222 g/mol. The highest BCUT2D eigenvalue weighted by atomic mass is 16.6. The van der Waals surface area contributed by atoms with Gasteiger partial charge in [-0.1, -0.05) is 30.3 Å². The number of ether oxygens (including phenoxy) is 3. The molecule has 0 bridgehead atoms. The van der Waals surface area contributed by atoms with Gasteiger partial charge in [0.05, 0.1) is 32.0 Å². The molecule has 3 nitrogen and oxygen atoms in total. The molecule has 0 N–H and O–H groups in total. The van der Waals surface area contributed by atoms with Gasteiger partial charge in [-0.2, -0.15) is 0 Å². The van der Waals surface area contributed by atoms with Gasteiger partial charge in [-0.25, -0.2) is 0 Å². The maximum absolute atomic E-state index is 5.62. The molecule has 88 valence electrons. The van der Waals surface area contributed by atoms with Crippen molar-refractivity contribution in [3.63, 3.8) is 0 Å². The van der Waals surface area contributed by atoms with E-state index in [0.717, 1.165) is 6.42 Å². The third-order valence-electron chi connectivity index (χ3n) is 2.79. The largest absolute Gasteiger partial charge is 0.379 e. The number of benzene rings is 1. The van der Waals surface area contributed by atoms with Crippen LogP contribution in [0.15, 0.2) is 30.3 Å². The Hall–Kier alpha value is -0.900. The van der Waals surface area contributed by atoms with Gasteiger partial charge >= 0.3 is 0 Å². The maximum Gasteiger partial charge on any atom is 0.0835 e. The van der Waals surface area contributed by atoms with Gasteiger partial charge in [0.2, 0.25) is 0 Å². The summed E-state index contributed by atoms with van der Waals surface area (Å²) in [6, 6.07) is 10.2. The van der Waals surface area contributed by atoms with Crippen LogP contribution in [0.3, 0.4) is 0 Å². The molecule has 0 aliphatic carbocycles. The van der Waals surface area contributed by atoms with E-state index in [4.69, 9.17) is 14.2 Å². The Morgan fingerprint density at radius 1 is 1.31 bits per heavy atom. The van der Waals surface area contributed by atoms with Crippen LogP contribution >= 0.6 is 0 Å². The zero-order valence-corrected chi connectivity index (χ0v) is 9.59. The molecule has 16 heavy (non-hydrogen) atoms. The molecule has 1 aromatic carbocycles. The molecule has 2 atom stereocenters. The summed E-state index contributed by atoms with van der Waals surface area (Å²) >= 11 is 0. The van der Waals surface area contributed by atoms with Crippen molar-refractivity contribution in [3.05, 3.63) is 35.9 Å². The molecule has 1 aliphatic heterocycles. The summed E-state index contributed by atoms with van der Waals surface area (Å²) in [7, 11) is 1.72. The average Bonchev–Trinajstić information content (AvgIpc) is 2.78. The van der Waals surface area contributed by atoms with Crippen LogP contribution in [0.5, 0.6) is 0 Å². The van der Waals surface area contributed by atoms with Gasteiger partial charge in [0, 0.05) is 13.5 Å². The van der Waals surface area contributed by atoms with Crippen LogP contribution in [0, 0.1) is 0 Å². The fourth-order valence-electron chi connectivity index (χ4n) is 1.84. The lowest BCUT2D eigenvalue weighted by atomic mass is 10.2. The van der Waals surface area contributed by atoms with Gasteiger partial charge < -0.3 is 14.2 Å². The summed E-state index contributed by atoms with van der Waals surface area (Å²) in [5.41, 5.74) is 1.20. The summed E-state index contributed by atoms with van der Waals surface area (Å²) in [4.78, 5) is 0. The van der Waals surface area contributed by atoms with E-state index in [1.807, 2.05) is 18.2 Å². The van der Waals surface area contributed by atoms with E-state index in [9.17, 15) is 0 Å². The third-order valence-corrected chi connectivity index (χ3v) is 2.79. The predicted molar refractivity (Wildman–Crippen MR) is 61.3 cm³/mol. The Labute approximate surface area is 96.3 Å². The monoisotopic (exact) mass is 222 g/mol. The van der Waals surface area contributed by atoms with Crippen molar-refractivity contribution in [1.29, 1.82) is 0 Å². The molecule has 1 heterocycles. The Morgan fingerprint density at radius 3 is 2.81 bits per heavy atom. The summed E-state index contributed by atoms with van der Waals surface area (Å²) < 4.78 is 16.4. The van der Waals surface area contributed by atoms with Crippen molar-refractivity contribution < 1.29 is 14.2 Å². The molecule has 1 unspecified atom stereocenters. The van der Waals surface area contributed by atoms with Crippen LogP contribution < -0.4 is 0 Å². The van der Waals surface area contributed by atoms with Gasteiger partial charge in [-0.05, 0) is 5.56 Å². The van der Waals surface area contributed by atoms with Crippen LogP contribution in [-0.4, -0.2) is 32.5 Å². The van der Waals surface area contributed by atoms with Gasteiger partial charge in [-0.15, -0.1) is 0 Å². The molecular formula is C13H18O3. The zero-order chi connectivity index (χ0) is 11.2. The first-order valence-electron chi connectivity index (χ1n) is 5.64. The molecule has 2 rings (SSSR count). The van der Waals surface area contributed by atoms with Crippen molar-refractivity contribution in [1.82, 2.24) is 0 Å². The first-order chi connectivity index (χ1) is 7.88. The third kappa shape index (κ3) is 3.30. The molecule has 1 aromatic rings. The van der Waals surface area contributed by atoms with E-state index in [2.05, 4.69) is 12.1 Å². The van der Waals surface area contributed by atoms with Crippen LogP contribution in [0.4, 0.5) is 0 Å². The molecular weight excluding hydrogens is 204 g/mol. The lowest BCUT2D eigenvalue weighted by Gasteiger charge is -2.10. The highest BCUT2D eigenvalue weighted by Crippen LogP contribution is 2.16. The van der Waals surface area contributed by atoms with E-state index in [1.165, 1.54) is 5.56 Å². The molecule has 0 saturated carbocycles. The molecule has 3 heteroatoms. The molecule has 0 amide bonds. The van der Waals surface area contributed by atoms with Crippen LogP contribution in [0.25, 0.3) is 0 Å². The summed E-state index contributed by atoms with van der Waals surface area (Å²) in [6.07, 6.45) is 1.37. The van der Waals surface area contributed by atoms with E-state index < -0.39 is 0 Å². The van der Waals surface area contributed by atoms with Crippen LogP contribution in [0.1, 0.15) is 12.0 Å².